The minimum atomic E-state index is -4.24. The van der Waals surface area contributed by atoms with E-state index in [9.17, 15) is 13.2 Å². The van der Waals surface area contributed by atoms with Crippen LogP contribution in [0, 0.1) is 11.3 Å². The third kappa shape index (κ3) is 6.49. The first-order chi connectivity index (χ1) is 7.63. The number of likely N-dealkylation sites (N-methyl/N-ethyl adjacent to an activating group) is 1. The molecule has 0 heterocycles. The zero-order chi connectivity index (χ0) is 13.7. The van der Waals surface area contributed by atoms with Crippen LogP contribution in [-0.2, 0) is 0 Å². The maximum Gasteiger partial charge on any atom is 0.401 e. The van der Waals surface area contributed by atoms with E-state index in [0.29, 0.717) is 6.54 Å². The quantitative estimate of drug-likeness (QED) is 0.786. The van der Waals surface area contributed by atoms with Crippen molar-refractivity contribution in [1.82, 2.24) is 10.2 Å². The molecular formula is C11H20F3N3. The van der Waals surface area contributed by atoms with Gasteiger partial charge in [-0.25, -0.2) is 0 Å². The average Bonchev–Trinajstić information content (AvgIpc) is 2.15. The smallest absolute Gasteiger partial charge is 0.299 e. The number of nitrogens with one attached hydrogen (secondary N) is 1. The van der Waals surface area contributed by atoms with Gasteiger partial charge in [0.2, 0.25) is 0 Å². The van der Waals surface area contributed by atoms with Gasteiger partial charge in [-0.05, 0) is 27.3 Å². The van der Waals surface area contributed by atoms with Crippen LogP contribution in [0.25, 0.3) is 0 Å². The Morgan fingerprint density at radius 1 is 1.29 bits per heavy atom. The van der Waals surface area contributed by atoms with Gasteiger partial charge in [0.1, 0.15) is 5.54 Å². The standard InChI is InChI=1S/C11H20F3N3/c1-5-16-10(4,6-15)7-17(9(2)3)8-11(12,13)14/h9,16H,5,7-8H2,1-4H3. The zero-order valence-corrected chi connectivity index (χ0v) is 10.7. The van der Waals surface area contributed by atoms with Crippen molar-refractivity contribution in [2.75, 3.05) is 19.6 Å². The first kappa shape index (κ1) is 16.2. The summed E-state index contributed by atoms with van der Waals surface area (Å²) in [7, 11) is 0. The lowest BCUT2D eigenvalue weighted by Gasteiger charge is -2.34. The molecule has 1 atom stereocenters. The van der Waals surface area contributed by atoms with Crippen molar-refractivity contribution in [2.24, 2.45) is 0 Å². The lowest BCUT2D eigenvalue weighted by Crippen LogP contribution is -2.53. The molecule has 6 heteroatoms. The molecule has 1 unspecified atom stereocenters. The van der Waals surface area contributed by atoms with Gasteiger partial charge in [-0.2, -0.15) is 18.4 Å². The summed E-state index contributed by atoms with van der Waals surface area (Å²) in [6.07, 6.45) is -4.24. The molecule has 0 aliphatic carbocycles. The normalized spacial score (nSPS) is 16.0. The van der Waals surface area contributed by atoms with Gasteiger partial charge in [-0.3, -0.25) is 10.2 Å². The monoisotopic (exact) mass is 251 g/mol. The van der Waals surface area contributed by atoms with Crippen molar-refractivity contribution >= 4 is 0 Å². The summed E-state index contributed by atoms with van der Waals surface area (Å²) >= 11 is 0. The van der Waals surface area contributed by atoms with Crippen LogP contribution >= 0.6 is 0 Å². The average molecular weight is 251 g/mol. The van der Waals surface area contributed by atoms with E-state index in [4.69, 9.17) is 5.26 Å². The summed E-state index contributed by atoms with van der Waals surface area (Å²) in [6.45, 7) is 6.41. The molecule has 17 heavy (non-hydrogen) atoms. The van der Waals surface area contributed by atoms with Gasteiger partial charge in [0.25, 0.3) is 0 Å². The minimum absolute atomic E-state index is 0.0501. The van der Waals surface area contributed by atoms with Crippen LogP contribution in [0.2, 0.25) is 0 Å². The zero-order valence-electron chi connectivity index (χ0n) is 10.7. The predicted octanol–water partition coefficient (Wildman–Crippen LogP) is 2.15. The molecule has 0 bridgehead atoms. The Morgan fingerprint density at radius 3 is 2.12 bits per heavy atom. The number of rotatable bonds is 6. The number of nitriles is 1. The van der Waals surface area contributed by atoms with Crippen molar-refractivity contribution in [3.05, 3.63) is 0 Å². The van der Waals surface area contributed by atoms with Crippen LogP contribution in [0.1, 0.15) is 27.7 Å². The fourth-order valence-electron chi connectivity index (χ4n) is 1.58. The molecule has 0 aromatic carbocycles. The van der Waals surface area contributed by atoms with E-state index in [2.05, 4.69) is 5.32 Å². The van der Waals surface area contributed by atoms with Crippen molar-refractivity contribution in [3.63, 3.8) is 0 Å². The second-order valence-corrected chi connectivity index (χ2v) is 4.59. The van der Waals surface area contributed by atoms with E-state index in [1.807, 2.05) is 13.0 Å². The summed E-state index contributed by atoms with van der Waals surface area (Å²) < 4.78 is 37.2. The van der Waals surface area contributed by atoms with E-state index in [0.717, 1.165) is 0 Å². The van der Waals surface area contributed by atoms with Crippen LogP contribution in [0.5, 0.6) is 0 Å². The molecule has 0 fully saturated rings. The van der Waals surface area contributed by atoms with Gasteiger partial charge < -0.3 is 0 Å². The highest BCUT2D eigenvalue weighted by Gasteiger charge is 2.35. The Labute approximate surface area is 101 Å². The van der Waals surface area contributed by atoms with Crippen LogP contribution in [0.15, 0.2) is 0 Å². The number of hydrogen-bond donors (Lipinski definition) is 1. The van der Waals surface area contributed by atoms with Gasteiger partial charge in [0.05, 0.1) is 12.6 Å². The number of halogens is 3. The molecule has 0 saturated carbocycles. The third-order valence-electron chi connectivity index (χ3n) is 2.45. The lowest BCUT2D eigenvalue weighted by molar-refractivity contribution is -0.150. The van der Waals surface area contributed by atoms with Gasteiger partial charge in [-0.15, -0.1) is 0 Å². The summed E-state index contributed by atoms with van der Waals surface area (Å²) in [6, 6.07) is 1.77. The molecule has 0 rings (SSSR count). The largest absolute Gasteiger partial charge is 0.401 e. The summed E-state index contributed by atoms with van der Waals surface area (Å²) in [5.74, 6) is 0. The molecule has 0 aliphatic heterocycles. The van der Waals surface area contributed by atoms with Gasteiger partial charge in [-0.1, -0.05) is 6.92 Å². The van der Waals surface area contributed by atoms with Gasteiger partial charge in [0.15, 0.2) is 0 Å². The third-order valence-corrected chi connectivity index (χ3v) is 2.45. The Bertz CT molecular complexity index is 270. The van der Waals surface area contributed by atoms with Gasteiger partial charge >= 0.3 is 6.18 Å². The van der Waals surface area contributed by atoms with Crippen molar-refractivity contribution < 1.29 is 13.2 Å². The topological polar surface area (TPSA) is 39.1 Å². The van der Waals surface area contributed by atoms with Crippen molar-refractivity contribution in [2.45, 2.75) is 45.5 Å². The Morgan fingerprint density at radius 2 is 1.82 bits per heavy atom. The molecule has 0 aromatic heterocycles. The molecule has 100 valence electrons. The van der Waals surface area contributed by atoms with Crippen LogP contribution in [0.3, 0.4) is 0 Å². The fraction of sp³-hybridized carbons (Fsp3) is 0.909. The Kier molecular flexibility index (Phi) is 5.93. The van der Waals surface area contributed by atoms with E-state index in [1.165, 1.54) is 4.90 Å². The van der Waals surface area contributed by atoms with Crippen LogP contribution < -0.4 is 5.32 Å². The van der Waals surface area contributed by atoms with Crippen molar-refractivity contribution in [1.29, 1.82) is 5.26 Å². The molecule has 0 radical (unpaired) electrons. The highest BCUT2D eigenvalue weighted by Crippen LogP contribution is 2.19. The molecule has 0 saturated heterocycles. The molecule has 0 aliphatic rings. The molecule has 0 aromatic rings. The van der Waals surface area contributed by atoms with E-state index < -0.39 is 18.3 Å². The molecule has 1 N–H and O–H groups in total. The summed E-state index contributed by atoms with van der Waals surface area (Å²) in [4.78, 5) is 1.26. The number of hydrogen-bond acceptors (Lipinski definition) is 3. The van der Waals surface area contributed by atoms with Crippen molar-refractivity contribution in [3.8, 4) is 6.07 Å². The summed E-state index contributed by atoms with van der Waals surface area (Å²) in [5.41, 5.74) is -0.954. The highest BCUT2D eigenvalue weighted by molar-refractivity contribution is 5.06. The summed E-state index contributed by atoms with van der Waals surface area (Å²) in [5, 5.41) is 11.9. The lowest BCUT2D eigenvalue weighted by atomic mass is 10.0. The minimum Gasteiger partial charge on any atom is -0.299 e. The van der Waals surface area contributed by atoms with E-state index >= 15 is 0 Å². The van der Waals surface area contributed by atoms with Crippen LogP contribution in [0.4, 0.5) is 13.2 Å². The number of nitrogens with zero attached hydrogens (tertiary/aromatic N) is 2. The fourth-order valence-corrected chi connectivity index (χ4v) is 1.58. The van der Waals surface area contributed by atoms with Crippen LogP contribution in [-0.4, -0.2) is 42.3 Å². The first-order valence-corrected chi connectivity index (χ1v) is 5.60. The molecular weight excluding hydrogens is 231 g/mol. The maximum atomic E-state index is 12.4. The molecule has 0 amide bonds. The highest BCUT2D eigenvalue weighted by atomic mass is 19.4. The van der Waals surface area contributed by atoms with E-state index in [1.54, 1.807) is 20.8 Å². The maximum absolute atomic E-state index is 12.4. The Hall–Kier alpha value is -0.800. The second-order valence-electron chi connectivity index (χ2n) is 4.59. The first-order valence-electron chi connectivity index (χ1n) is 5.60. The number of alkyl halides is 3. The second kappa shape index (κ2) is 6.22. The Balaban J connectivity index is 4.70. The van der Waals surface area contributed by atoms with Gasteiger partial charge in [0, 0.05) is 12.6 Å². The van der Waals surface area contributed by atoms with E-state index in [-0.39, 0.29) is 12.6 Å². The molecule has 3 nitrogen and oxygen atoms in total. The molecule has 0 spiro atoms. The SMILES string of the molecule is CCNC(C)(C#N)CN(CC(F)(F)F)C(C)C. The predicted molar refractivity (Wildman–Crippen MR) is 60.5 cm³/mol.